The van der Waals surface area contributed by atoms with Crippen molar-refractivity contribution in [1.29, 1.82) is 0 Å². The van der Waals surface area contributed by atoms with Crippen LogP contribution in [0.25, 0.3) is 0 Å². The Hall–Kier alpha value is -1.96. The third-order valence-electron chi connectivity index (χ3n) is 5.21. The number of hydrogen-bond acceptors (Lipinski definition) is 5. The van der Waals surface area contributed by atoms with Crippen molar-refractivity contribution in [2.45, 2.75) is 81.7 Å². The summed E-state index contributed by atoms with van der Waals surface area (Å²) in [6.45, 7) is 9.32. The van der Waals surface area contributed by atoms with E-state index >= 15 is 0 Å². The van der Waals surface area contributed by atoms with Crippen LogP contribution in [-0.4, -0.2) is 33.4 Å². The Balaban J connectivity index is 2.30. The van der Waals surface area contributed by atoms with E-state index in [4.69, 9.17) is 4.74 Å². The van der Waals surface area contributed by atoms with Crippen LogP contribution in [0.1, 0.15) is 58.9 Å². The zero-order valence-corrected chi connectivity index (χ0v) is 22.5. The van der Waals surface area contributed by atoms with Gasteiger partial charge in [-0.25, -0.2) is 13.7 Å². The minimum absolute atomic E-state index is 0.386. The maximum absolute atomic E-state index is 13.4. The van der Waals surface area contributed by atoms with Crippen LogP contribution in [0.4, 0.5) is 0 Å². The number of carbonyl (C=O) groups excluding carboxylic acids is 2. The summed E-state index contributed by atoms with van der Waals surface area (Å²) < 4.78 is 21.8. The Morgan fingerprint density at radius 1 is 1.03 bits per heavy atom. The number of rotatable bonds is 13. The lowest BCUT2D eigenvalue weighted by Gasteiger charge is -2.27. The number of benzene rings is 2. The van der Waals surface area contributed by atoms with E-state index in [1.54, 1.807) is 20.8 Å². The standard InChI is InChI=1S/C27H37NO4S2/c1-6-7-9-14-24(28-34(31)22-17-15-20(2)16-18-22)23(19-33-21-12-10-8-11-13-21)25(29)26(30)32-27(3,4)5/h8,10-13,15-18,23-24,28H,6-7,9,14,19H2,1-5H3/t23-,24+,34?/m1/s1. The van der Waals surface area contributed by atoms with Crippen LogP contribution in [0.2, 0.25) is 0 Å². The van der Waals surface area contributed by atoms with Gasteiger partial charge in [-0.05, 0) is 58.4 Å². The summed E-state index contributed by atoms with van der Waals surface area (Å²) in [6.07, 6.45) is 3.53. The number of thioether (sulfide) groups is 1. The largest absolute Gasteiger partial charge is 0.454 e. The molecule has 0 bridgehead atoms. The summed E-state index contributed by atoms with van der Waals surface area (Å²) in [6, 6.07) is 16.8. The van der Waals surface area contributed by atoms with E-state index in [0.29, 0.717) is 17.1 Å². The number of esters is 1. The summed E-state index contributed by atoms with van der Waals surface area (Å²) in [5.74, 6) is -1.70. The first-order valence-electron chi connectivity index (χ1n) is 11.8. The molecule has 2 rings (SSSR count). The third kappa shape index (κ3) is 9.72. The molecule has 5 nitrogen and oxygen atoms in total. The monoisotopic (exact) mass is 503 g/mol. The molecule has 0 aromatic heterocycles. The van der Waals surface area contributed by atoms with E-state index in [1.165, 1.54) is 11.8 Å². The van der Waals surface area contributed by atoms with Crippen LogP contribution in [0, 0.1) is 12.8 Å². The van der Waals surface area contributed by atoms with Gasteiger partial charge in [0.2, 0.25) is 5.78 Å². The molecule has 0 saturated heterocycles. The van der Waals surface area contributed by atoms with Crippen molar-refractivity contribution in [3.8, 4) is 0 Å². The molecule has 2 aromatic carbocycles. The van der Waals surface area contributed by atoms with Crippen LogP contribution >= 0.6 is 11.8 Å². The molecule has 0 spiro atoms. The van der Waals surface area contributed by atoms with Crippen molar-refractivity contribution in [2.24, 2.45) is 5.92 Å². The van der Waals surface area contributed by atoms with Crippen LogP contribution in [-0.2, 0) is 25.3 Å². The van der Waals surface area contributed by atoms with Crippen molar-refractivity contribution in [1.82, 2.24) is 4.72 Å². The SMILES string of the molecule is CCCCC[C@H](NS(=O)c1ccc(C)cc1)[C@@H](CSc1ccccc1)C(=O)C(=O)OC(C)(C)C. The molecule has 1 unspecified atom stereocenters. The van der Waals surface area contributed by atoms with Crippen LogP contribution in [0.3, 0.4) is 0 Å². The molecule has 2 aromatic rings. The van der Waals surface area contributed by atoms with Crippen molar-refractivity contribution in [2.75, 3.05) is 5.75 Å². The smallest absolute Gasteiger partial charge is 0.375 e. The van der Waals surface area contributed by atoms with E-state index in [-0.39, 0.29) is 0 Å². The normalized spacial score (nSPS) is 14.3. The maximum Gasteiger partial charge on any atom is 0.375 e. The van der Waals surface area contributed by atoms with Crippen molar-refractivity contribution >= 4 is 34.5 Å². The predicted octanol–water partition coefficient (Wildman–Crippen LogP) is 5.88. The minimum Gasteiger partial charge on any atom is -0.454 e. The number of ether oxygens (including phenoxy) is 1. The molecule has 3 atom stereocenters. The summed E-state index contributed by atoms with van der Waals surface area (Å²) in [4.78, 5) is 27.8. The van der Waals surface area contributed by atoms with Gasteiger partial charge in [-0.3, -0.25) is 4.79 Å². The Labute approximate surface area is 211 Å². The molecule has 0 saturated carbocycles. The van der Waals surface area contributed by atoms with E-state index in [0.717, 1.165) is 29.7 Å². The van der Waals surface area contributed by atoms with E-state index in [9.17, 15) is 13.8 Å². The van der Waals surface area contributed by atoms with Gasteiger partial charge in [-0.2, -0.15) is 0 Å². The molecule has 0 fully saturated rings. The van der Waals surface area contributed by atoms with Gasteiger partial charge < -0.3 is 4.74 Å². The fourth-order valence-electron chi connectivity index (χ4n) is 3.38. The summed E-state index contributed by atoms with van der Waals surface area (Å²) >= 11 is 1.52. The van der Waals surface area contributed by atoms with Gasteiger partial charge in [0.15, 0.2) is 0 Å². The average Bonchev–Trinajstić information content (AvgIpc) is 2.79. The molecule has 0 aliphatic carbocycles. The van der Waals surface area contributed by atoms with Crippen molar-refractivity contribution < 1.29 is 18.5 Å². The molecular weight excluding hydrogens is 466 g/mol. The van der Waals surface area contributed by atoms with Crippen molar-refractivity contribution in [3.63, 3.8) is 0 Å². The molecule has 7 heteroatoms. The first-order chi connectivity index (χ1) is 16.1. The number of aryl methyl sites for hydroxylation is 1. The number of carbonyl (C=O) groups is 2. The Morgan fingerprint density at radius 2 is 1.68 bits per heavy atom. The Kier molecular flexibility index (Phi) is 11.5. The van der Waals surface area contributed by atoms with Crippen LogP contribution < -0.4 is 4.72 Å². The van der Waals surface area contributed by atoms with E-state index in [2.05, 4.69) is 11.6 Å². The first-order valence-corrected chi connectivity index (χ1v) is 13.9. The second kappa shape index (κ2) is 13.8. The second-order valence-electron chi connectivity index (χ2n) is 9.40. The lowest BCUT2D eigenvalue weighted by atomic mass is 9.93. The summed E-state index contributed by atoms with van der Waals surface area (Å²) in [5.41, 5.74) is 0.317. The molecule has 1 N–H and O–H groups in total. The second-order valence-corrected chi connectivity index (χ2v) is 11.7. The average molecular weight is 504 g/mol. The highest BCUT2D eigenvalue weighted by molar-refractivity contribution is 7.99. The summed E-state index contributed by atoms with van der Waals surface area (Å²) in [5, 5.41) is 0. The third-order valence-corrected chi connectivity index (χ3v) is 7.56. The van der Waals surface area contributed by atoms with Gasteiger partial charge in [0.25, 0.3) is 0 Å². The van der Waals surface area contributed by atoms with Crippen LogP contribution in [0.15, 0.2) is 64.4 Å². The molecular formula is C27H37NO4S2. The Bertz CT molecular complexity index is 939. The fourth-order valence-corrected chi connectivity index (χ4v) is 5.56. The minimum atomic E-state index is -1.51. The van der Waals surface area contributed by atoms with Gasteiger partial charge in [0.05, 0.1) is 10.8 Å². The predicted molar refractivity (Wildman–Crippen MR) is 140 cm³/mol. The number of Topliss-reactive ketones (excluding diaryl/α,β-unsaturated/α-hetero) is 1. The molecule has 0 aliphatic rings. The number of ketones is 1. The molecule has 186 valence electrons. The zero-order chi connectivity index (χ0) is 25.1. The molecule has 0 aliphatic heterocycles. The highest BCUT2D eigenvalue weighted by atomic mass is 32.2. The Morgan fingerprint density at radius 3 is 2.26 bits per heavy atom. The lowest BCUT2D eigenvalue weighted by Crippen LogP contribution is -2.46. The molecule has 0 amide bonds. The lowest BCUT2D eigenvalue weighted by molar-refractivity contribution is -0.164. The summed E-state index contributed by atoms with van der Waals surface area (Å²) in [7, 11) is -1.51. The molecule has 0 radical (unpaired) electrons. The fraction of sp³-hybridized carbons (Fsp3) is 0.481. The highest BCUT2D eigenvalue weighted by Gasteiger charge is 2.36. The quantitative estimate of drug-likeness (QED) is 0.160. The zero-order valence-electron chi connectivity index (χ0n) is 20.8. The number of hydrogen-bond donors (Lipinski definition) is 1. The van der Waals surface area contributed by atoms with Gasteiger partial charge in [-0.15, -0.1) is 11.8 Å². The van der Waals surface area contributed by atoms with E-state index in [1.807, 2.05) is 61.5 Å². The van der Waals surface area contributed by atoms with E-state index < -0.39 is 40.3 Å². The number of unbranched alkanes of at least 4 members (excludes halogenated alkanes) is 2. The van der Waals surface area contributed by atoms with Gasteiger partial charge in [-0.1, -0.05) is 62.1 Å². The van der Waals surface area contributed by atoms with Gasteiger partial charge in [0, 0.05) is 16.7 Å². The van der Waals surface area contributed by atoms with Crippen molar-refractivity contribution in [3.05, 3.63) is 60.2 Å². The molecule has 34 heavy (non-hydrogen) atoms. The van der Waals surface area contributed by atoms with Gasteiger partial charge >= 0.3 is 5.97 Å². The highest BCUT2D eigenvalue weighted by Crippen LogP contribution is 2.26. The maximum atomic E-state index is 13.4. The molecule has 0 heterocycles. The van der Waals surface area contributed by atoms with Gasteiger partial charge in [0.1, 0.15) is 16.6 Å². The van der Waals surface area contributed by atoms with Crippen LogP contribution in [0.5, 0.6) is 0 Å². The number of nitrogens with one attached hydrogen (secondary N) is 1. The topological polar surface area (TPSA) is 72.5 Å². The first kappa shape index (κ1) is 28.3.